The van der Waals surface area contributed by atoms with Crippen LogP contribution in [-0.4, -0.2) is 82.3 Å². The van der Waals surface area contributed by atoms with Crippen molar-refractivity contribution < 1.29 is 42.9 Å². The molecule has 0 aromatic rings. The summed E-state index contributed by atoms with van der Waals surface area (Å²) in [7, 11) is 5.94. The maximum Gasteiger partial charge on any atom is 0.306 e. The van der Waals surface area contributed by atoms with Crippen molar-refractivity contribution in [2.45, 2.75) is 354 Å². The lowest BCUT2D eigenvalue weighted by atomic mass is 10.0. The van der Waals surface area contributed by atoms with Crippen LogP contribution in [0.5, 0.6) is 0 Å². The number of hydrogen-bond donors (Lipinski definition) is 0. The predicted octanol–water partition coefficient (Wildman–Crippen LogP) is 22.6. The summed E-state index contributed by atoms with van der Waals surface area (Å²) in [5.41, 5.74) is 0. The SMILES string of the molecule is CC/C=C\C/C=C\C/C=C\C/C=C\C/C=C\C/C=C\C/C=C\C/C=C\CCCCCCCCCCCCCCCCCCC(=O)OC(COC(=O)CCCCCCCCCCCCCCCCCCCCCCCCCC)COC(OCC[N+](C)(C)C)C(=O)[O-]. The predicted molar refractivity (Wildman–Crippen MR) is 384 cm³/mol. The fraction of sp³-hybridized carbons (Fsp3) is 0.765. The van der Waals surface area contributed by atoms with Crippen molar-refractivity contribution in [2.24, 2.45) is 0 Å². The molecule has 0 aliphatic rings. The molecule has 0 bridgehead atoms. The molecule has 0 aliphatic carbocycles. The highest BCUT2D eigenvalue weighted by Gasteiger charge is 2.22. The first-order valence-electron chi connectivity index (χ1n) is 37.9. The maximum absolute atomic E-state index is 13.0. The Kier molecular flexibility index (Phi) is 68.1. The molecule has 520 valence electrons. The van der Waals surface area contributed by atoms with Crippen LogP contribution in [0.3, 0.4) is 0 Å². The van der Waals surface area contributed by atoms with Crippen molar-refractivity contribution in [1.29, 1.82) is 0 Å². The molecule has 0 spiro atoms. The minimum absolute atomic E-state index is 0.148. The number of esters is 2. The van der Waals surface area contributed by atoms with Crippen LogP contribution in [-0.2, 0) is 33.3 Å². The first-order valence-corrected chi connectivity index (χ1v) is 37.9. The van der Waals surface area contributed by atoms with Crippen LogP contribution >= 0.6 is 0 Å². The van der Waals surface area contributed by atoms with E-state index in [0.717, 1.165) is 83.5 Å². The molecule has 0 N–H and O–H groups in total. The second-order valence-electron chi connectivity index (χ2n) is 26.6. The average molecular weight is 1260 g/mol. The van der Waals surface area contributed by atoms with E-state index in [1.54, 1.807) is 0 Å². The highest BCUT2D eigenvalue weighted by Crippen LogP contribution is 2.19. The van der Waals surface area contributed by atoms with E-state index < -0.39 is 24.3 Å². The molecule has 0 aromatic carbocycles. The molecule has 0 rings (SSSR count). The molecular weight excluding hydrogens is 1110 g/mol. The molecule has 0 aromatic heterocycles. The zero-order valence-electron chi connectivity index (χ0n) is 59.5. The Morgan fingerprint density at radius 2 is 0.633 bits per heavy atom. The molecule has 2 unspecified atom stereocenters. The van der Waals surface area contributed by atoms with E-state index in [-0.39, 0.29) is 32.2 Å². The summed E-state index contributed by atoms with van der Waals surface area (Å²) < 4.78 is 22.8. The smallest absolute Gasteiger partial charge is 0.306 e. The molecule has 0 saturated carbocycles. The van der Waals surface area contributed by atoms with Crippen LogP contribution in [0.15, 0.2) is 97.2 Å². The number of carboxylic acids is 1. The van der Waals surface area contributed by atoms with Gasteiger partial charge in [0.15, 0.2) is 12.4 Å². The van der Waals surface area contributed by atoms with E-state index in [1.807, 2.05) is 21.1 Å². The normalized spacial score (nSPS) is 13.2. The lowest BCUT2D eigenvalue weighted by Crippen LogP contribution is -2.44. The Morgan fingerprint density at radius 3 is 0.944 bits per heavy atom. The van der Waals surface area contributed by atoms with E-state index >= 15 is 0 Å². The molecule has 0 radical (unpaired) electrons. The van der Waals surface area contributed by atoms with Gasteiger partial charge in [0.25, 0.3) is 0 Å². The van der Waals surface area contributed by atoms with Gasteiger partial charge in [-0.3, -0.25) is 9.59 Å². The molecule has 0 heterocycles. The van der Waals surface area contributed by atoms with Gasteiger partial charge in [-0.05, 0) is 77.0 Å². The zero-order chi connectivity index (χ0) is 65.4. The third-order valence-electron chi connectivity index (χ3n) is 16.6. The number of nitrogens with zero attached hydrogens (tertiary/aromatic N) is 1. The molecule has 9 heteroatoms. The number of likely N-dealkylation sites (N-methyl/N-ethyl adjacent to an activating group) is 1. The highest BCUT2D eigenvalue weighted by atomic mass is 16.7. The fourth-order valence-electron chi connectivity index (χ4n) is 10.9. The van der Waals surface area contributed by atoms with Gasteiger partial charge in [0.2, 0.25) is 0 Å². The van der Waals surface area contributed by atoms with Gasteiger partial charge in [0, 0.05) is 12.8 Å². The number of hydrogen-bond acceptors (Lipinski definition) is 8. The monoisotopic (exact) mass is 1260 g/mol. The Labute approximate surface area is 556 Å². The van der Waals surface area contributed by atoms with Gasteiger partial charge in [-0.1, -0.05) is 349 Å². The summed E-state index contributed by atoms with van der Waals surface area (Å²) in [6.07, 6.45) is 95.1. The van der Waals surface area contributed by atoms with Gasteiger partial charge < -0.3 is 33.3 Å². The van der Waals surface area contributed by atoms with Crippen LogP contribution in [0.4, 0.5) is 0 Å². The summed E-state index contributed by atoms with van der Waals surface area (Å²) in [4.78, 5) is 37.5. The topological polar surface area (TPSA) is 111 Å². The summed E-state index contributed by atoms with van der Waals surface area (Å²) in [5, 5.41) is 11.8. The van der Waals surface area contributed by atoms with Crippen molar-refractivity contribution in [2.75, 3.05) is 47.5 Å². The van der Waals surface area contributed by atoms with Crippen LogP contribution in [0.25, 0.3) is 0 Å². The molecule has 0 aliphatic heterocycles. The van der Waals surface area contributed by atoms with E-state index in [9.17, 15) is 19.5 Å². The zero-order valence-corrected chi connectivity index (χ0v) is 59.5. The quantitative estimate of drug-likeness (QED) is 0.0195. The van der Waals surface area contributed by atoms with Gasteiger partial charge in [0.05, 0.1) is 40.3 Å². The number of carboxylic acid groups (broad SMARTS) is 1. The first kappa shape index (κ1) is 86.2. The van der Waals surface area contributed by atoms with Crippen molar-refractivity contribution in [1.82, 2.24) is 0 Å². The van der Waals surface area contributed by atoms with Crippen molar-refractivity contribution in [3.8, 4) is 0 Å². The maximum atomic E-state index is 13.0. The molecule has 0 fully saturated rings. The van der Waals surface area contributed by atoms with Crippen LogP contribution in [0.2, 0.25) is 0 Å². The average Bonchev–Trinajstić information content (AvgIpc) is 3.73. The molecule has 0 saturated heterocycles. The van der Waals surface area contributed by atoms with Crippen LogP contribution < -0.4 is 5.11 Å². The number of carbonyl (C=O) groups excluding carboxylic acids is 3. The summed E-state index contributed by atoms with van der Waals surface area (Å²) in [5.74, 6) is -2.26. The van der Waals surface area contributed by atoms with Crippen LogP contribution in [0.1, 0.15) is 341 Å². The van der Waals surface area contributed by atoms with E-state index in [2.05, 4.69) is 111 Å². The van der Waals surface area contributed by atoms with E-state index in [4.69, 9.17) is 18.9 Å². The number of carbonyl (C=O) groups is 3. The summed E-state index contributed by atoms with van der Waals surface area (Å²) in [6.45, 7) is 4.68. The highest BCUT2D eigenvalue weighted by molar-refractivity contribution is 5.70. The second kappa shape index (κ2) is 71.1. The minimum atomic E-state index is -1.62. The van der Waals surface area contributed by atoms with Crippen molar-refractivity contribution >= 4 is 17.9 Å². The fourth-order valence-corrected chi connectivity index (χ4v) is 10.9. The molecule has 90 heavy (non-hydrogen) atoms. The number of aliphatic carboxylic acids is 1. The van der Waals surface area contributed by atoms with E-state index in [0.29, 0.717) is 23.9 Å². The van der Waals surface area contributed by atoms with Crippen molar-refractivity contribution in [3.63, 3.8) is 0 Å². The lowest BCUT2D eigenvalue weighted by Gasteiger charge is -2.26. The van der Waals surface area contributed by atoms with E-state index in [1.165, 1.54) is 225 Å². The Hall–Kier alpha value is -3.79. The minimum Gasteiger partial charge on any atom is -0.545 e. The summed E-state index contributed by atoms with van der Waals surface area (Å²) >= 11 is 0. The van der Waals surface area contributed by atoms with Gasteiger partial charge >= 0.3 is 11.9 Å². The number of ether oxygens (including phenoxy) is 4. The Morgan fingerprint density at radius 1 is 0.344 bits per heavy atom. The lowest BCUT2D eigenvalue weighted by molar-refractivity contribution is -0.870. The number of allylic oxidation sites excluding steroid dienone is 16. The third kappa shape index (κ3) is 71.6. The van der Waals surface area contributed by atoms with Crippen LogP contribution in [0, 0.1) is 0 Å². The molecule has 9 nitrogen and oxygen atoms in total. The van der Waals surface area contributed by atoms with Gasteiger partial charge in [-0.2, -0.15) is 0 Å². The molecule has 2 atom stereocenters. The van der Waals surface area contributed by atoms with Gasteiger partial charge in [0.1, 0.15) is 13.2 Å². The largest absolute Gasteiger partial charge is 0.545 e. The second-order valence-corrected chi connectivity index (χ2v) is 26.6. The Bertz CT molecular complexity index is 1800. The number of quaternary nitrogens is 1. The third-order valence-corrected chi connectivity index (χ3v) is 16.6. The standard InChI is InChI=1S/C81H143NO8/c1-6-8-10-12-14-16-18-20-22-24-26-28-30-32-33-34-35-36-37-38-39-40-41-42-43-44-45-46-47-48-50-52-54-56-58-60-62-64-66-68-70-72-79(84)90-77(76-89-81(80(85)86)87-74-73-82(3,4)5)75-88-78(83)71-69-67-65-63-61-59-57-55-53-51-49-31-29-27-25-23-21-19-17-15-13-11-9-7-2/h8,10,14,16,20,22,26,28,32-33,35-36,38-39,41-42,77,81H,6-7,9,11-13,15,17-19,21,23-25,27,29-31,34,37,40,43-76H2,1-5H3/b10-8-,16-14-,22-20-,28-26-,33-32-,36-35-,39-38-,42-41-. The molecule has 0 amide bonds. The van der Waals surface area contributed by atoms with Gasteiger partial charge in [-0.15, -0.1) is 0 Å². The Balaban J connectivity index is 4.03. The molecular formula is C81H143NO8. The van der Waals surface area contributed by atoms with Gasteiger partial charge in [-0.25, -0.2) is 0 Å². The first-order chi connectivity index (χ1) is 44.1. The number of unbranched alkanes of at least 4 members (excludes halogenated alkanes) is 39. The summed E-state index contributed by atoms with van der Waals surface area (Å²) in [6, 6.07) is 0. The number of rotatable bonds is 70. The van der Waals surface area contributed by atoms with Crippen molar-refractivity contribution in [3.05, 3.63) is 97.2 Å².